The van der Waals surface area contributed by atoms with E-state index < -0.39 is 28.3 Å². The average molecular weight is 323 g/mol. The molecule has 1 atom stereocenters. The number of hydrogen-bond donors (Lipinski definition) is 1. The SMILES string of the molecule is C[C@H]1COc2c(C3([NH-])CC3)c(F)cc3c(=O)c(C(=O)O)cn1c23.[HH].[HH].[HH]. The topological polar surface area (TPSA) is 92.3 Å². The van der Waals surface area contributed by atoms with E-state index in [-0.39, 0.29) is 33.6 Å². The van der Waals surface area contributed by atoms with Crippen LogP contribution in [0.25, 0.3) is 16.6 Å². The Morgan fingerprint density at radius 2 is 2.26 bits per heavy atom. The summed E-state index contributed by atoms with van der Waals surface area (Å²) >= 11 is 0. The predicted octanol–water partition coefficient (Wildman–Crippen LogP) is 3.57. The van der Waals surface area contributed by atoms with Crippen molar-refractivity contribution in [2.45, 2.75) is 31.3 Å². The summed E-state index contributed by atoms with van der Waals surface area (Å²) in [7, 11) is 0. The molecule has 23 heavy (non-hydrogen) atoms. The fraction of sp³-hybridized carbons (Fsp3) is 0.375. The van der Waals surface area contributed by atoms with E-state index in [0.29, 0.717) is 18.4 Å². The van der Waals surface area contributed by atoms with Crippen molar-refractivity contribution in [1.82, 2.24) is 4.57 Å². The first kappa shape index (κ1) is 14.2. The number of carboxylic acid groups (broad SMARTS) is 1. The first-order chi connectivity index (χ1) is 10.8. The molecule has 2 N–H and O–H groups in total. The Morgan fingerprint density at radius 1 is 1.57 bits per heavy atom. The van der Waals surface area contributed by atoms with Gasteiger partial charge in [0, 0.05) is 16.0 Å². The number of carbonyl (C=O) groups is 1. The molecule has 1 aliphatic carbocycles. The molecule has 2 aromatic rings. The number of benzene rings is 1. The maximum absolute atomic E-state index is 14.6. The maximum Gasteiger partial charge on any atom is 0.341 e. The molecule has 126 valence electrons. The second kappa shape index (κ2) is 4.32. The Morgan fingerprint density at radius 3 is 2.87 bits per heavy atom. The van der Waals surface area contributed by atoms with E-state index in [1.807, 2.05) is 6.92 Å². The van der Waals surface area contributed by atoms with Crippen LogP contribution in [-0.2, 0) is 5.54 Å². The standard InChI is InChI=1S/C16H14FN2O4.3H2/c1-7-6-23-14-11(16(18)2-3-16)10(17)4-8-12(14)19(7)5-9(13(8)20)15(21)22;;;/h4-5,7,18H,2-3,6H2,1H3,(H,21,22);3*1H/q-1;;;/t7-;;;/m0.../s1. The molecule has 0 unspecified atom stereocenters. The van der Waals surface area contributed by atoms with Gasteiger partial charge in [-0.1, -0.05) is 18.4 Å². The highest BCUT2D eigenvalue weighted by Crippen LogP contribution is 2.54. The number of ether oxygens (including phenoxy) is 1. The van der Waals surface area contributed by atoms with Crippen LogP contribution in [0, 0.1) is 5.82 Å². The molecule has 1 aromatic heterocycles. The zero-order chi connectivity index (χ0) is 16.5. The molecule has 1 aromatic carbocycles. The summed E-state index contributed by atoms with van der Waals surface area (Å²) < 4.78 is 21.9. The fourth-order valence-corrected chi connectivity index (χ4v) is 3.20. The third kappa shape index (κ3) is 1.83. The van der Waals surface area contributed by atoms with E-state index in [4.69, 9.17) is 10.5 Å². The lowest BCUT2D eigenvalue weighted by molar-refractivity contribution is 0.0694. The van der Waals surface area contributed by atoms with Gasteiger partial charge < -0.3 is 20.1 Å². The van der Waals surface area contributed by atoms with Crippen LogP contribution in [0.5, 0.6) is 5.75 Å². The molecule has 4 rings (SSSR count). The number of pyridine rings is 1. The first-order valence-electron chi connectivity index (χ1n) is 7.36. The van der Waals surface area contributed by atoms with Gasteiger partial charge in [0.2, 0.25) is 5.43 Å². The van der Waals surface area contributed by atoms with Gasteiger partial charge in [-0.2, -0.15) is 0 Å². The summed E-state index contributed by atoms with van der Waals surface area (Å²) in [5.74, 6) is -1.81. The van der Waals surface area contributed by atoms with Crippen LogP contribution < -0.4 is 10.2 Å². The van der Waals surface area contributed by atoms with Gasteiger partial charge in [0.15, 0.2) is 0 Å². The van der Waals surface area contributed by atoms with Crippen molar-refractivity contribution in [1.29, 1.82) is 0 Å². The molecular weight excluding hydrogens is 303 g/mol. The molecule has 2 aliphatic rings. The summed E-state index contributed by atoms with van der Waals surface area (Å²) in [6, 6.07) is 0.859. The zero-order valence-electron chi connectivity index (χ0n) is 12.4. The van der Waals surface area contributed by atoms with Gasteiger partial charge in [-0.05, 0) is 13.0 Å². The van der Waals surface area contributed by atoms with Gasteiger partial charge in [-0.25, -0.2) is 9.18 Å². The molecule has 0 radical (unpaired) electrons. The Bertz CT molecular complexity index is 943. The van der Waals surface area contributed by atoms with Crippen molar-refractivity contribution in [3.8, 4) is 5.75 Å². The van der Waals surface area contributed by atoms with Gasteiger partial charge in [0.1, 0.15) is 23.7 Å². The fourth-order valence-electron chi connectivity index (χ4n) is 3.20. The summed E-state index contributed by atoms with van der Waals surface area (Å²) in [6.45, 7) is 2.06. The van der Waals surface area contributed by atoms with Crippen molar-refractivity contribution in [2.24, 2.45) is 0 Å². The molecule has 1 aliphatic heterocycles. The van der Waals surface area contributed by atoms with Crippen molar-refractivity contribution in [2.75, 3.05) is 6.61 Å². The Kier molecular flexibility index (Phi) is 2.67. The highest BCUT2D eigenvalue weighted by atomic mass is 19.1. The third-order valence-corrected chi connectivity index (χ3v) is 4.63. The summed E-state index contributed by atoms with van der Waals surface area (Å²) in [4.78, 5) is 23.7. The number of nitrogens with zero attached hydrogens (tertiary/aromatic N) is 1. The highest BCUT2D eigenvalue weighted by Gasteiger charge is 2.39. The van der Waals surface area contributed by atoms with Gasteiger partial charge in [0.25, 0.3) is 0 Å². The smallest absolute Gasteiger partial charge is 0.341 e. The summed E-state index contributed by atoms with van der Waals surface area (Å²) in [5.41, 5.74) is 6.67. The second-order valence-electron chi connectivity index (χ2n) is 6.29. The predicted molar refractivity (Wildman–Crippen MR) is 86.9 cm³/mol. The van der Waals surface area contributed by atoms with Crippen LogP contribution >= 0.6 is 0 Å². The lowest BCUT2D eigenvalue weighted by atomic mass is 9.98. The van der Waals surface area contributed by atoms with E-state index >= 15 is 0 Å². The lowest BCUT2D eigenvalue weighted by Crippen LogP contribution is -2.28. The minimum atomic E-state index is -1.34. The number of nitrogens with one attached hydrogen (secondary N) is 1. The quantitative estimate of drug-likeness (QED) is 0.914. The van der Waals surface area contributed by atoms with Crippen LogP contribution in [0.3, 0.4) is 0 Å². The first-order valence-corrected chi connectivity index (χ1v) is 7.36. The van der Waals surface area contributed by atoms with E-state index in [9.17, 15) is 19.1 Å². The minimum Gasteiger partial charge on any atom is -0.668 e. The number of aromatic nitrogens is 1. The normalized spacial score (nSPS) is 21.1. The van der Waals surface area contributed by atoms with Gasteiger partial charge in [-0.3, -0.25) is 4.79 Å². The van der Waals surface area contributed by atoms with E-state index in [1.165, 1.54) is 6.20 Å². The van der Waals surface area contributed by atoms with Gasteiger partial charge >= 0.3 is 5.97 Å². The molecule has 7 heteroatoms. The van der Waals surface area contributed by atoms with Crippen molar-refractivity contribution in [3.05, 3.63) is 45.2 Å². The molecular formula is C16H20FN2O4-. The largest absolute Gasteiger partial charge is 0.668 e. The van der Waals surface area contributed by atoms with Gasteiger partial charge in [0.05, 0.1) is 16.9 Å². The summed E-state index contributed by atoms with van der Waals surface area (Å²) in [6.07, 6.45) is 2.37. The Balaban J connectivity index is 0.00000113. The minimum absolute atomic E-state index is 0. The molecule has 0 spiro atoms. The number of rotatable bonds is 2. The van der Waals surface area contributed by atoms with Crippen molar-refractivity contribution < 1.29 is 23.3 Å². The lowest BCUT2D eigenvalue weighted by Gasteiger charge is -2.32. The average Bonchev–Trinajstić information content (AvgIpc) is 3.22. The molecule has 0 saturated heterocycles. The van der Waals surface area contributed by atoms with Crippen molar-refractivity contribution in [3.63, 3.8) is 0 Å². The summed E-state index contributed by atoms with van der Waals surface area (Å²) in [5, 5.41) is 9.20. The van der Waals surface area contributed by atoms with E-state index in [2.05, 4.69) is 0 Å². The second-order valence-corrected chi connectivity index (χ2v) is 6.29. The number of hydrogen-bond acceptors (Lipinski definition) is 3. The molecule has 1 saturated carbocycles. The maximum atomic E-state index is 14.6. The molecule has 0 amide bonds. The third-order valence-electron chi connectivity index (χ3n) is 4.63. The number of halogens is 1. The molecule has 6 nitrogen and oxygen atoms in total. The highest BCUT2D eigenvalue weighted by molar-refractivity contribution is 5.95. The molecule has 2 heterocycles. The van der Waals surface area contributed by atoms with Crippen LogP contribution in [0.1, 0.15) is 46.0 Å². The van der Waals surface area contributed by atoms with E-state index in [0.717, 1.165) is 6.07 Å². The van der Waals surface area contributed by atoms with Crippen LogP contribution in [0.15, 0.2) is 17.1 Å². The molecule has 1 fully saturated rings. The van der Waals surface area contributed by atoms with Crippen LogP contribution in [0.2, 0.25) is 0 Å². The Hall–Kier alpha value is -2.41. The van der Waals surface area contributed by atoms with Crippen LogP contribution in [-0.4, -0.2) is 22.2 Å². The van der Waals surface area contributed by atoms with Crippen LogP contribution in [0.4, 0.5) is 4.39 Å². The van der Waals surface area contributed by atoms with Gasteiger partial charge in [-0.15, -0.1) is 0 Å². The molecule has 0 bridgehead atoms. The zero-order valence-corrected chi connectivity index (χ0v) is 12.4. The Labute approximate surface area is 134 Å². The van der Waals surface area contributed by atoms with E-state index in [1.54, 1.807) is 4.57 Å². The van der Waals surface area contributed by atoms with Crippen molar-refractivity contribution >= 4 is 16.9 Å². The monoisotopic (exact) mass is 323 g/mol. The number of aromatic carboxylic acids is 1. The number of carboxylic acids is 1.